The molecule has 1 aliphatic rings. The van der Waals surface area contributed by atoms with Gasteiger partial charge in [0.15, 0.2) is 23.0 Å². The third kappa shape index (κ3) is 3.58. The van der Waals surface area contributed by atoms with E-state index in [9.17, 15) is 15.0 Å². The Morgan fingerprint density at radius 1 is 1.07 bits per heavy atom. The van der Waals surface area contributed by atoms with Gasteiger partial charge >= 0.3 is 6.09 Å². The monoisotopic (exact) mass is 373 g/mol. The van der Waals surface area contributed by atoms with Gasteiger partial charge in [-0.3, -0.25) is 0 Å². The quantitative estimate of drug-likeness (QED) is 0.856. The Hall–Kier alpha value is -3.09. The fourth-order valence-corrected chi connectivity index (χ4v) is 3.52. The van der Waals surface area contributed by atoms with Crippen LogP contribution in [0.3, 0.4) is 0 Å². The maximum Gasteiger partial charge on any atom is 0.410 e. The first-order valence-electron chi connectivity index (χ1n) is 8.58. The number of carbonyl (C=O) groups excluding carboxylic acids is 1. The number of nitrogens with zero attached hydrogens (tertiary/aromatic N) is 1. The van der Waals surface area contributed by atoms with Crippen LogP contribution in [0.4, 0.5) is 4.79 Å². The molecule has 7 heteroatoms. The molecule has 0 aliphatic carbocycles. The van der Waals surface area contributed by atoms with Crippen molar-refractivity contribution >= 4 is 6.09 Å². The highest BCUT2D eigenvalue weighted by Gasteiger charge is 2.32. The number of hydrogen-bond acceptors (Lipinski definition) is 6. The van der Waals surface area contributed by atoms with E-state index in [2.05, 4.69) is 0 Å². The summed E-state index contributed by atoms with van der Waals surface area (Å²) in [5.74, 6) is 0.842. The Bertz CT molecular complexity index is 851. The molecule has 0 bridgehead atoms. The zero-order valence-corrected chi connectivity index (χ0v) is 15.6. The molecule has 1 aliphatic heterocycles. The van der Waals surface area contributed by atoms with Gasteiger partial charge in [-0.05, 0) is 53.8 Å². The minimum absolute atomic E-state index is 0.0190. The minimum Gasteiger partial charge on any atom is -0.504 e. The van der Waals surface area contributed by atoms with Gasteiger partial charge in [-0.15, -0.1) is 0 Å². The second kappa shape index (κ2) is 7.65. The standard InChI is InChI=1S/C20H23NO6/c1-25-18-5-4-12(9-16(18)22)8-15-14-11-17(23)19(26-2)10-13(14)6-7-21(15)20(24)27-3/h4-5,9-11,15,22-23H,6-8H2,1-3H3/t15-/m1/s1. The van der Waals surface area contributed by atoms with Crippen LogP contribution in [0.1, 0.15) is 22.7 Å². The van der Waals surface area contributed by atoms with Crippen LogP contribution in [0.5, 0.6) is 23.0 Å². The Kier molecular flexibility index (Phi) is 5.30. The number of carbonyl (C=O) groups is 1. The van der Waals surface area contributed by atoms with Gasteiger partial charge in [0.2, 0.25) is 0 Å². The van der Waals surface area contributed by atoms with Crippen LogP contribution in [0.15, 0.2) is 30.3 Å². The molecule has 2 aromatic rings. The molecule has 3 rings (SSSR count). The number of methoxy groups -OCH3 is 3. The van der Waals surface area contributed by atoms with E-state index in [4.69, 9.17) is 14.2 Å². The molecule has 0 spiro atoms. The lowest BCUT2D eigenvalue weighted by Gasteiger charge is -2.36. The van der Waals surface area contributed by atoms with Gasteiger partial charge in [0.25, 0.3) is 0 Å². The lowest BCUT2D eigenvalue weighted by molar-refractivity contribution is 0.100. The van der Waals surface area contributed by atoms with Crippen LogP contribution in [0.2, 0.25) is 0 Å². The summed E-state index contributed by atoms with van der Waals surface area (Å²) in [4.78, 5) is 13.9. The molecule has 2 N–H and O–H groups in total. The second-order valence-corrected chi connectivity index (χ2v) is 6.36. The van der Waals surface area contributed by atoms with Crippen molar-refractivity contribution in [3.05, 3.63) is 47.0 Å². The highest BCUT2D eigenvalue weighted by Crippen LogP contribution is 2.40. The van der Waals surface area contributed by atoms with E-state index in [1.807, 2.05) is 6.07 Å². The lowest BCUT2D eigenvalue weighted by atomic mass is 9.88. The van der Waals surface area contributed by atoms with Gasteiger partial charge in [-0.1, -0.05) is 6.07 Å². The Balaban J connectivity index is 2.01. The van der Waals surface area contributed by atoms with Crippen molar-refractivity contribution in [2.24, 2.45) is 0 Å². The lowest BCUT2D eigenvalue weighted by Crippen LogP contribution is -2.41. The van der Waals surface area contributed by atoms with Crippen LogP contribution in [0, 0.1) is 0 Å². The molecule has 1 atom stereocenters. The van der Waals surface area contributed by atoms with E-state index >= 15 is 0 Å². The van der Waals surface area contributed by atoms with Gasteiger partial charge in [0.05, 0.1) is 27.4 Å². The van der Waals surface area contributed by atoms with Crippen LogP contribution in [-0.4, -0.2) is 49.1 Å². The summed E-state index contributed by atoms with van der Waals surface area (Å²) in [5.41, 5.74) is 2.67. The first-order valence-corrected chi connectivity index (χ1v) is 8.58. The number of hydrogen-bond donors (Lipinski definition) is 2. The first kappa shape index (κ1) is 18.7. The molecular formula is C20H23NO6. The molecule has 0 unspecified atom stereocenters. The number of ether oxygens (including phenoxy) is 3. The molecule has 7 nitrogen and oxygen atoms in total. The predicted molar refractivity (Wildman–Crippen MR) is 98.6 cm³/mol. The van der Waals surface area contributed by atoms with Crippen molar-refractivity contribution < 1.29 is 29.2 Å². The van der Waals surface area contributed by atoms with Gasteiger partial charge < -0.3 is 29.3 Å². The smallest absolute Gasteiger partial charge is 0.410 e. The van der Waals surface area contributed by atoms with Crippen molar-refractivity contribution in [3.63, 3.8) is 0 Å². The summed E-state index contributed by atoms with van der Waals surface area (Å²) < 4.78 is 15.2. The summed E-state index contributed by atoms with van der Waals surface area (Å²) in [7, 11) is 4.34. The molecule has 0 radical (unpaired) electrons. The third-order valence-electron chi connectivity index (χ3n) is 4.88. The minimum atomic E-state index is -0.432. The largest absolute Gasteiger partial charge is 0.504 e. The topological polar surface area (TPSA) is 88.5 Å². The van der Waals surface area contributed by atoms with E-state index in [-0.39, 0.29) is 17.5 Å². The Morgan fingerprint density at radius 3 is 2.41 bits per heavy atom. The summed E-state index contributed by atoms with van der Waals surface area (Å²) in [6.45, 7) is 0.487. The van der Waals surface area contributed by atoms with Gasteiger partial charge in [0.1, 0.15) is 0 Å². The van der Waals surface area contributed by atoms with Crippen molar-refractivity contribution in [2.45, 2.75) is 18.9 Å². The number of benzene rings is 2. The predicted octanol–water partition coefficient (Wildman–Crippen LogP) is 3.02. The van der Waals surface area contributed by atoms with E-state index in [0.29, 0.717) is 30.9 Å². The fourth-order valence-electron chi connectivity index (χ4n) is 3.52. The summed E-state index contributed by atoms with van der Waals surface area (Å²) in [6.07, 6.45) is 0.648. The maximum atomic E-state index is 12.3. The molecule has 2 aromatic carbocycles. The zero-order valence-electron chi connectivity index (χ0n) is 15.6. The van der Waals surface area contributed by atoms with Crippen molar-refractivity contribution in [2.75, 3.05) is 27.9 Å². The number of fused-ring (bicyclic) bond motifs is 1. The molecule has 27 heavy (non-hydrogen) atoms. The Morgan fingerprint density at radius 2 is 1.78 bits per heavy atom. The molecule has 0 fully saturated rings. The van der Waals surface area contributed by atoms with Crippen LogP contribution >= 0.6 is 0 Å². The molecule has 0 saturated carbocycles. The number of phenols is 2. The number of amides is 1. The molecule has 1 heterocycles. The van der Waals surface area contributed by atoms with E-state index in [1.165, 1.54) is 21.3 Å². The Labute approximate surface area is 157 Å². The van der Waals surface area contributed by atoms with E-state index in [1.54, 1.807) is 29.2 Å². The SMILES string of the molecule is COC(=O)N1CCc2cc(OC)c(O)cc2[C@H]1Cc1ccc(OC)c(O)c1. The van der Waals surface area contributed by atoms with Gasteiger partial charge in [0, 0.05) is 6.54 Å². The maximum absolute atomic E-state index is 12.3. The average Bonchev–Trinajstić information content (AvgIpc) is 2.67. The van der Waals surface area contributed by atoms with Gasteiger partial charge in [-0.25, -0.2) is 4.79 Å². The number of aromatic hydroxyl groups is 2. The van der Waals surface area contributed by atoms with Crippen LogP contribution in [0.25, 0.3) is 0 Å². The fraction of sp³-hybridized carbons (Fsp3) is 0.350. The summed E-state index contributed by atoms with van der Waals surface area (Å²) in [6, 6.07) is 8.24. The van der Waals surface area contributed by atoms with Crippen molar-refractivity contribution in [1.82, 2.24) is 4.90 Å². The van der Waals surface area contributed by atoms with Gasteiger partial charge in [-0.2, -0.15) is 0 Å². The van der Waals surface area contributed by atoms with E-state index < -0.39 is 6.09 Å². The van der Waals surface area contributed by atoms with E-state index in [0.717, 1.165) is 16.7 Å². The first-order chi connectivity index (χ1) is 13.0. The molecule has 144 valence electrons. The molecule has 0 aromatic heterocycles. The second-order valence-electron chi connectivity index (χ2n) is 6.36. The number of rotatable bonds is 4. The third-order valence-corrected chi connectivity index (χ3v) is 4.88. The van der Waals surface area contributed by atoms with Crippen molar-refractivity contribution in [1.29, 1.82) is 0 Å². The highest BCUT2D eigenvalue weighted by atomic mass is 16.5. The van der Waals surface area contributed by atoms with Crippen molar-refractivity contribution in [3.8, 4) is 23.0 Å². The van der Waals surface area contributed by atoms with Crippen LogP contribution < -0.4 is 9.47 Å². The average molecular weight is 373 g/mol. The zero-order chi connectivity index (χ0) is 19.6. The molecule has 0 saturated heterocycles. The normalized spacial score (nSPS) is 15.8. The number of phenolic OH excluding ortho intramolecular Hbond substituents is 2. The molecular weight excluding hydrogens is 350 g/mol. The highest BCUT2D eigenvalue weighted by molar-refractivity contribution is 5.69. The summed E-state index contributed by atoms with van der Waals surface area (Å²) in [5, 5.41) is 20.3. The van der Waals surface area contributed by atoms with Crippen LogP contribution in [-0.2, 0) is 17.6 Å². The summed E-state index contributed by atoms with van der Waals surface area (Å²) >= 11 is 0. The molecule has 1 amide bonds.